The monoisotopic (exact) mass is 420 g/mol. The number of benzene rings is 1. The smallest absolute Gasteiger partial charge is 0.305 e. The van der Waals surface area contributed by atoms with Gasteiger partial charge in [-0.25, -0.2) is 0 Å². The normalized spacial score (nSPS) is 21.2. The molecule has 0 saturated carbocycles. The molecule has 0 fully saturated rings. The summed E-state index contributed by atoms with van der Waals surface area (Å²) in [6, 6.07) is 6.48. The first-order valence-corrected chi connectivity index (χ1v) is 10.3. The van der Waals surface area contributed by atoms with Crippen LogP contribution in [0.5, 0.6) is 0 Å². The minimum Gasteiger partial charge on any atom is -0.469 e. The third kappa shape index (κ3) is 5.82. The molecule has 3 rings (SSSR count). The number of hydrogen-bond donors (Lipinski definition) is 0. The summed E-state index contributed by atoms with van der Waals surface area (Å²) >= 11 is 3.56. The molecule has 0 radical (unpaired) electrons. The molecule has 0 heterocycles. The lowest BCUT2D eigenvalue weighted by Gasteiger charge is -2.19. The lowest BCUT2D eigenvalue weighted by atomic mass is 10.1. The number of methoxy groups -OCH3 is 1. The van der Waals surface area contributed by atoms with Gasteiger partial charge in [-0.2, -0.15) is 0 Å². The Morgan fingerprint density at radius 1 is 1.27 bits per heavy atom. The summed E-state index contributed by atoms with van der Waals surface area (Å²) in [6.45, 7) is 4.00. The fourth-order valence-corrected chi connectivity index (χ4v) is 3.74. The molecule has 0 aliphatic heterocycles. The highest BCUT2D eigenvalue weighted by atomic mass is 79.9. The first-order chi connectivity index (χ1) is 12.7. The number of hydrogen-bond acceptors (Lipinski definition) is 3. The summed E-state index contributed by atoms with van der Waals surface area (Å²) in [4.78, 5) is 11.3. The summed E-state index contributed by atoms with van der Waals surface area (Å²) in [7, 11) is 1.43. The predicted molar refractivity (Wildman–Crippen MR) is 109 cm³/mol. The van der Waals surface area contributed by atoms with Crippen molar-refractivity contribution in [1.82, 2.24) is 0 Å². The lowest BCUT2D eigenvalue weighted by Crippen LogP contribution is -2.12. The number of rotatable bonds is 5. The zero-order valence-corrected chi connectivity index (χ0v) is 17.6. The summed E-state index contributed by atoms with van der Waals surface area (Å²) in [5.74, 6) is -0.158. The van der Waals surface area contributed by atoms with E-state index in [2.05, 4.69) is 52.4 Å². The quantitative estimate of drug-likeness (QED) is 0.541. The molecule has 0 bridgehead atoms. The Bertz CT molecular complexity index is 663. The van der Waals surface area contributed by atoms with E-state index < -0.39 is 0 Å². The molecule has 2 aliphatic rings. The van der Waals surface area contributed by atoms with Gasteiger partial charge in [-0.05, 0) is 55.4 Å². The van der Waals surface area contributed by atoms with Crippen LogP contribution >= 0.6 is 15.9 Å². The summed E-state index contributed by atoms with van der Waals surface area (Å²) < 4.78 is 12.2. The minimum absolute atomic E-state index is 0.131. The Morgan fingerprint density at radius 3 is 2.85 bits per heavy atom. The fraction of sp³-hybridized carbons (Fsp3) is 0.500. The molecule has 1 aromatic rings. The number of ether oxygens (including phenoxy) is 2. The van der Waals surface area contributed by atoms with Crippen LogP contribution in [0.2, 0.25) is 0 Å². The van der Waals surface area contributed by atoms with Gasteiger partial charge < -0.3 is 9.47 Å². The minimum atomic E-state index is -0.158. The predicted octanol–water partition coefficient (Wildman–Crippen LogP) is 6.08. The van der Waals surface area contributed by atoms with Crippen LogP contribution in [0.15, 0.2) is 46.5 Å². The van der Waals surface area contributed by atoms with E-state index in [0.717, 1.165) is 36.6 Å². The summed E-state index contributed by atoms with van der Waals surface area (Å²) in [6.07, 6.45) is 12.0. The fourth-order valence-electron chi connectivity index (χ4n) is 3.36. The zero-order chi connectivity index (χ0) is 18.9. The maximum atomic E-state index is 11.3. The highest BCUT2D eigenvalue weighted by molar-refractivity contribution is 9.10. The molecular formula is C22H29BrO3. The van der Waals surface area contributed by atoms with Crippen molar-refractivity contribution in [1.29, 1.82) is 0 Å². The Morgan fingerprint density at radius 2 is 2.08 bits per heavy atom. The maximum absolute atomic E-state index is 11.3. The van der Waals surface area contributed by atoms with Crippen LogP contribution in [0.25, 0.3) is 0 Å². The molecule has 3 nitrogen and oxygen atoms in total. The number of carbonyl (C=O) groups is 1. The van der Waals surface area contributed by atoms with Crippen LogP contribution in [-0.4, -0.2) is 19.2 Å². The van der Waals surface area contributed by atoms with Crippen molar-refractivity contribution in [3.8, 4) is 0 Å². The van der Waals surface area contributed by atoms with Crippen molar-refractivity contribution >= 4 is 21.9 Å². The van der Waals surface area contributed by atoms with Crippen LogP contribution < -0.4 is 0 Å². The van der Waals surface area contributed by atoms with Crippen molar-refractivity contribution in [2.75, 3.05) is 7.11 Å². The Kier molecular flexibility index (Phi) is 8.60. The van der Waals surface area contributed by atoms with Gasteiger partial charge in [-0.15, -0.1) is 0 Å². The standard InChI is InChI=1S/C20H23BrO3.C2H6/c1-23-20(22)12-6-14-3-2-4-17(10-5-14)24-19-11-8-15-7-9-16(21)13-18(15)19;1-2/h3,5,7,9-10,13,17,19H,2,4,6,8,11-12H2,1H3;1-2H3. The molecule has 4 heteroatoms. The SMILES string of the molecule is CC.COC(=O)CCC1=CCCC(OC2CCc3ccc(Br)cc32)C=C1. The van der Waals surface area contributed by atoms with Crippen molar-refractivity contribution in [2.24, 2.45) is 0 Å². The molecule has 2 aliphatic carbocycles. The van der Waals surface area contributed by atoms with Gasteiger partial charge in [0.25, 0.3) is 0 Å². The third-order valence-electron chi connectivity index (χ3n) is 4.70. The summed E-state index contributed by atoms with van der Waals surface area (Å²) in [5, 5.41) is 0. The second kappa shape index (κ2) is 10.7. The number of allylic oxidation sites excluding steroid dienone is 3. The highest BCUT2D eigenvalue weighted by Crippen LogP contribution is 2.37. The van der Waals surface area contributed by atoms with E-state index in [1.165, 1.54) is 23.8 Å². The Balaban J connectivity index is 0.00000117. The summed E-state index contributed by atoms with van der Waals surface area (Å²) in [5.41, 5.74) is 3.92. The van der Waals surface area contributed by atoms with E-state index in [-0.39, 0.29) is 18.2 Å². The van der Waals surface area contributed by atoms with Crippen LogP contribution in [0, 0.1) is 0 Å². The van der Waals surface area contributed by atoms with Crippen LogP contribution in [0.1, 0.15) is 63.2 Å². The van der Waals surface area contributed by atoms with E-state index in [0.29, 0.717) is 6.42 Å². The second-order valence-corrected chi connectivity index (χ2v) is 7.25. The molecule has 2 unspecified atom stereocenters. The topological polar surface area (TPSA) is 35.5 Å². The van der Waals surface area contributed by atoms with Crippen molar-refractivity contribution < 1.29 is 14.3 Å². The van der Waals surface area contributed by atoms with Crippen LogP contribution in [0.4, 0.5) is 0 Å². The number of aryl methyl sites for hydroxylation is 1. The molecule has 0 amide bonds. The van der Waals surface area contributed by atoms with Crippen LogP contribution in [-0.2, 0) is 20.7 Å². The van der Waals surface area contributed by atoms with Gasteiger partial charge in [0.1, 0.15) is 0 Å². The average Bonchev–Trinajstić information content (AvgIpc) is 2.91. The van der Waals surface area contributed by atoms with Crippen LogP contribution in [0.3, 0.4) is 0 Å². The zero-order valence-electron chi connectivity index (χ0n) is 16.0. The molecule has 0 aromatic heterocycles. The molecular weight excluding hydrogens is 392 g/mol. The first kappa shape index (κ1) is 20.9. The number of fused-ring (bicyclic) bond motifs is 1. The van der Waals surface area contributed by atoms with Gasteiger partial charge >= 0.3 is 5.97 Å². The first-order valence-electron chi connectivity index (χ1n) is 9.53. The number of carbonyl (C=O) groups excluding carboxylic acids is 1. The highest BCUT2D eigenvalue weighted by Gasteiger charge is 2.25. The molecule has 142 valence electrons. The molecule has 1 aromatic carbocycles. The van der Waals surface area contributed by atoms with E-state index >= 15 is 0 Å². The van der Waals surface area contributed by atoms with E-state index in [4.69, 9.17) is 9.47 Å². The average molecular weight is 421 g/mol. The molecule has 0 saturated heterocycles. The van der Waals surface area contributed by atoms with Crippen molar-refractivity contribution in [2.45, 2.75) is 64.6 Å². The number of esters is 1. The Labute approximate surface area is 165 Å². The second-order valence-electron chi connectivity index (χ2n) is 6.34. The lowest BCUT2D eigenvalue weighted by molar-refractivity contribution is -0.140. The van der Waals surface area contributed by atoms with E-state index in [1.54, 1.807) is 0 Å². The van der Waals surface area contributed by atoms with E-state index in [1.807, 2.05) is 13.8 Å². The van der Waals surface area contributed by atoms with Gasteiger partial charge in [0.05, 0.1) is 19.3 Å². The van der Waals surface area contributed by atoms with Gasteiger partial charge in [-0.1, -0.05) is 59.6 Å². The van der Waals surface area contributed by atoms with Crippen molar-refractivity contribution in [3.05, 3.63) is 57.6 Å². The maximum Gasteiger partial charge on any atom is 0.305 e. The Hall–Kier alpha value is -1.39. The van der Waals surface area contributed by atoms with Gasteiger partial charge in [0.2, 0.25) is 0 Å². The molecule has 0 N–H and O–H groups in total. The van der Waals surface area contributed by atoms with Gasteiger partial charge in [0.15, 0.2) is 0 Å². The largest absolute Gasteiger partial charge is 0.469 e. The number of halogens is 1. The molecule has 26 heavy (non-hydrogen) atoms. The van der Waals surface area contributed by atoms with Gasteiger partial charge in [0, 0.05) is 10.9 Å². The van der Waals surface area contributed by atoms with E-state index in [9.17, 15) is 4.79 Å². The van der Waals surface area contributed by atoms with Gasteiger partial charge in [-0.3, -0.25) is 4.79 Å². The molecule has 2 atom stereocenters. The van der Waals surface area contributed by atoms with Crippen molar-refractivity contribution in [3.63, 3.8) is 0 Å². The molecule has 0 spiro atoms. The third-order valence-corrected chi connectivity index (χ3v) is 5.19.